The van der Waals surface area contributed by atoms with Crippen LogP contribution in [0.15, 0.2) is 71.6 Å². The van der Waals surface area contributed by atoms with Crippen molar-refractivity contribution in [2.75, 3.05) is 23.3 Å². The second-order valence-corrected chi connectivity index (χ2v) is 9.54. The molecule has 0 saturated heterocycles. The third-order valence-electron chi connectivity index (χ3n) is 5.60. The quantitative estimate of drug-likeness (QED) is 0.572. The Balaban J connectivity index is 1.63. The third kappa shape index (κ3) is 4.61. The molecule has 1 heterocycles. The second kappa shape index (κ2) is 9.07. The van der Waals surface area contributed by atoms with Gasteiger partial charge in [0.15, 0.2) is 0 Å². The molecule has 1 aliphatic rings. The van der Waals surface area contributed by atoms with Crippen LogP contribution in [0.5, 0.6) is 0 Å². The molecule has 1 amide bonds. The predicted molar refractivity (Wildman–Crippen MR) is 126 cm³/mol. The topological polar surface area (TPSA) is 92.8 Å². The van der Waals surface area contributed by atoms with Crippen LogP contribution in [0.4, 0.5) is 11.4 Å². The van der Waals surface area contributed by atoms with E-state index in [1.165, 1.54) is 25.3 Å². The van der Waals surface area contributed by atoms with Gasteiger partial charge in [-0.1, -0.05) is 29.8 Å². The Labute approximate surface area is 193 Å². The summed E-state index contributed by atoms with van der Waals surface area (Å²) in [5, 5.41) is 0. The number of para-hydroxylation sites is 1. The Morgan fingerprint density at radius 2 is 1.73 bits per heavy atom. The molecule has 3 aromatic rings. The number of nitrogens with one attached hydrogen (secondary N) is 1. The summed E-state index contributed by atoms with van der Waals surface area (Å²) in [7, 11) is -2.73. The van der Waals surface area contributed by atoms with Crippen molar-refractivity contribution in [1.82, 2.24) is 0 Å². The summed E-state index contributed by atoms with van der Waals surface area (Å²) in [5.41, 5.74) is 3.41. The van der Waals surface area contributed by atoms with Gasteiger partial charge in [0.1, 0.15) is 0 Å². The molecule has 0 aromatic heterocycles. The maximum atomic E-state index is 13.1. The largest absolute Gasteiger partial charge is 0.465 e. The summed E-state index contributed by atoms with van der Waals surface area (Å²) in [6.45, 7) is 2.53. The average Bonchev–Trinajstić information content (AvgIpc) is 2.83. The Morgan fingerprint density at radius 1 is 1.00 bits per heavy atom. The first-order chi connectivity index (χ1) is 15.8. The fraction of sp³-hybridized carbons (Fsp3) is 0.200. The number of methoxy groups -OCH3 is 1. The minimum absolute atomic E-state index is 0.0607. The fourth-order valence-corrected chi connectivity index (χ4v) is 5.00. The van der Waals surface area contributed by atoms with E-state index in [4.69, 9.17) is 4.74 Å². The van der Waals surface area contributed by atoms with Crippen LogP contribution in [-0.4, -0.2) is 33.9 Å². The van der Waals surface area contributed by atoms with Crippen molar-refractivity contribution >= 4 is 33.3 Å². The molecule has 0 bridgehead atoms. The Hall–Kier alpha value is -3.65. The summed E-state index contributed by atoms with van der Waals surface area (Å²) in [6, 6.07) is 18.4. The molecule has 0 saturated carbocycles. The van der Waals surface area contributed by atoms with E-state index in [1.54, 1.807) is 41.3 Å². The van der Waals surface area contributed by atoms with Gasteiger partial charge in [0.25, 0.3) is 15.9 Å². The molecule has 8 heteroatoms. The van der Waals surface area contributed by atoms with E-state index in [1.807, 2.05) is 19.1 Å². The molecule has 4 rings (SSSR count). The van der Waals surface area contributed by atoms with Crippen molar-refractivity contribution in [1.29, 1.82) is 0 Å². The van der Waals surface area contributed by atoms with Crippen molar-refractivity contribution in [3.63, 3.8) is 0 Å². The number of carbonyl (C=O) groups is 2. The first-order valence-electron chi connectivity index (χ1n) is 10.5. The summed E-state index contributed by atoms with van der Waals surface area (Å²) in [6.07, 6.45) is 1.39. The lowest BCUT2D eigenvalue weighted by molar-refractivity contribution is 0.0602. The van der Waals surface area contributed by atoms with Crippen LogP contribution in [0.3, 0.4) is 0 Å². The fourth-order valence-electron chi connectivity index (χ4n) is 3.87. The monoisotopic (exact) mass is 464 g/mol. The number of benzene rings is 3. The molecule has 0 fully saturated rings. The molecule has 3 aromatic carbocycles. The summed E-state index contributed by atoms with van der Waals surface area (Å²) < 4.78 is 33.4. The molecule has 0 spiro atoms. The molecule has 33 heavy (non-hydrogen) atoms. The number of fused-ring (bicyclic) bond motifs is 1. The van der Waals surface area contributed by atoms with E-state index >= 15 is 0 Å². The molecule has 0 radical (unpaired) electrons. The highest BCUT2D eigenvalue weighted by molar-refractivity contribution is 7.92. The van der Waals surface area contributed by atoms with E-state index in [0.29, 0.717) is 24.2 Å². The Bertz CT molecular complexity index is 1320. The summed E-state index contributed by atoms with van der Waals surface area (Å²) in [4.78, 5) is 26.8. The van der Waals surface area contributed by atoms with Gasteiger partial charge < -0.3 is 9.64 Å². The van der Waals surface area contributed by atoms with Gasteiger partial charge in [-0.15, -0.1) is 0 Å². The van der Waals surface area contributed by atoms with Gasteiger partial charge in [-0.2, -0.15) is 0 Å². The van der Waals surface area contributed by atoms with Crippen LogP contribution >= 0.6 is 0 Å². The standard InChI is InChI=1S/C25H24N2O5S/c1-17-9-11-18(12-10-17)24(28)27-15-5-6-19-16-20(13-14-23(19)27)33(30,31)26-22-8-4-3-7-21(22)25(29)32-2/h3-4,7-14,16,26H,5-6,15H2,1-2H3. The Morgan fingerprint density at radius 3 is 2.45 bits per heavy atom. The normalized spacial score (nSPS) is 13.2. The highest BCUT2D eigenvalue weighted by atomic mass is 32.2. The highest BCUT2D eigenvalue weighted by Crippen LogP contribution is 2.31. The van der Waals surface area contributed by atoms with Gasteiger partial charge in [0.2, 0.25) is 0 Å². The molecule has 0 unspecified atom stereocenters. The van der Waals surface area contributed by atoms with Crippen molar-refractivity contribution in [3.8, 4) is 0 Å². The number of amides is 1. The average molecular weight is 465 g/mol. The molecular formula is C25H24N2O5S. The number of rotatable bonds is 5. The number of aryl methyl sites for hydroxylation is 2. The molecule has 1 aliphatic heterocycles. The smallest absolute Gasteiger partial charge is 0.339 e. The molecule has 0 aliphatic carbocycles. The van der Waals surface area contributed by atoms with E-state index in [0.717, 1.165) is 17.5 Å². The van der Waals surface area contributed by atoms with Crippen LogP contribution < -0.4 is 9.62 Å². The molecule has 0 atom stereocenters. The van der Waals surface area contributed by atoms with E-state index in [-0.39, 0.29) is 22.1 Å². The minimum atomic E-state index is -3.97. The lowest BCUT2D eigenvalue weighted by Gasteiger charge is -2.30. The van der Waals surface area contributed by atoms with Gasteiger partial charge in [-0.05, 0) is 67.8 Å². The van der Waals surface area contributed by atoms with Crippen molar-refractivity contribution in [3.05, 3.63) is 89.0 Å². The highest BCUT2D eigenvalue weighted by Gasteiger charge is 2.26. The number of ether oxygens (including phenoxy) is 1. The van der Waals surface area contributed by atoms with Crippen LogP contribution in [0, 0.1) is 6.92 Å². The van der Waals surface area contributed by atoms with Crippen molar-refractivity contribution in [2.24, 2.45) is 0 Å². The number of nitrogens with zero attached hydrogens (tertiary/aromatic N) is 1. The maximum Gasteiger partial charge on any atom is 0.339 e. The minimum Gasteiger partial charge on any atom is -0.465 e. The predicted octanol–water partition coefficient (Wildman–Crippen LogP) is 4.18. The number of anilines is 2. The summed E-state index contributed by atoms with van der Waals surface area (Å²) >= 11 is 0. The zero-order valence-corrected chi connectivity index (χ0v) is 19.2. The molecule has 1 N–H and O–H groups in total. The van der Waals surface area contributed by atoms with Crippen LogP contribution in [0.2, 0.25) is 0 Å². The SMILES string of the molecule is COC(=O)c1ccccc1NS(=O)(=O)c1ccc2c(c1)CCCN2C(=O)c1ccc(C)cc1. The van der Waals surface area contributed by atoms with Gasteiger partial charge >= 0.3 is 5.97 Å². The molecular weight excluding hydrogens is 440 g/mol. The zero-order valence-electron chi connectivity index (χ0n) is 18.4. The van der Waals surface area contributed by atoms with Gasteiger partial charge in [0.05, 0.1) is 23.3 Å². The van der Waals surface area contributed by atoms with Crippen LogP contribution in [0.1, 0.15) is 38.3 Å². The van der Waals surface area contributed by atoms with E-state index < -0.39 is 16.0 Å². The molecule has 7 nitrogen and oxygen atoms in total. The van der Waals surface area contributed by atoms with E-state index in [9.17, 15) is 18.0 Å². The van der Waals surface area contributed by atoms with Crippen molar-refractivity contribution in [2.45, 2.75) is 24.7 Å². The van der Waals surface area contributed by atoms with Crippen LogP contribution in [-0.2, 0) is 21.2 Å². The van der Waals surface area contributed by atoms with E-state index in [2.05, 4.69) is 4.72 Å². The lowest BCUT2D eigenvalue weighted by atomic mass is 10.0. The van der Waals surface area contributed by atoms with Gasteiger partial charge in [-0.25, -0.2) is 13.2 Å². The lowest BCUT2D eigenvalue weighted by Crippen LogP contribution is -2.35. The first-order valence-corrected chi connectivity index (χ1v) is 12.0. The van der Waals surface area contributed by atoms with Crippen molar-refractivity contribution < 1.29 is 22.7 Å². The number of hydrogen-bond donors (Lipinski definition) is 1. The number of hydrogen-bond acceptors (Lipinski definition) is 5. The number of sulfonamides is 1. The first kappa shape index (κ1) is 22.5. The van der Waals surface area contributed by atoms with Crippen LogP contribution in [0.25, 0.3) is 0 Å². The zero-order chi connectivity index (χ0) is 23.6. The maximum absolute atomic E-state index is 13.1. The number of carbonyl (C=O) groups excluding carboxylic acids is 2. The van der Waals surface area contributed by atoms with Gasteiger partial charge in [0, 0.05) is 17.8 Å². The number of esters is 1. The molecule has 170 valence electrons. The third-order valence-corrected chi connectivity index (χ3v) is 6.96. The second-order valence-electron chi connectivity index (χ2n) is 7.86. The summed E-state index contributed by atoms with van der Waals surface area (Å²) in [5.74, 6) is -0.749. The van der Waals surface area contributed by atoms with Gasteiger partial charge in [-0.3, -0.25) is 9.52 Å². The Kier molecular flexibility index (Phi) is 6.20.